The monoisotopic (exact) mass is 206 g/mol. The van der Waals surface area contributed by atoms with Crippen LogP contribution in [0.2, 0.25) is 0 Å². The van der Waals surface area contributed by atoms with Gasteiger partial charge in [-0.3, -0.25) is 0 Å². The second-order valence-electron chi connectivity index (χ2n) is 5.03. The Bertz CT molecular complexity index is 335. The lowest BCUT2D eigenvalue weighted by atomic mass is 9.70. The van der Waals surface area contributed by atoms with E-state index < -0.39 is 0 Å². The van der Waals surface area contributed by atoms with Crippen LogP contribution in [0.25, 0.3) is 0 Å². The number of hydrogen-bond donors (Lipinski definition) is 0. The third-order valence-electron chi connectivity index (χ3n) is 4.00. The average molecular weight is 206 g/mol. The van der Waals surface area contributed by atoms with Crippen LogP contribution in [0.15, 0.2) is 24.3 Å². The van der Waals surface area contributed by atoms with Crippen molar-refractivity contribution in [1.29, 1.82) is 0 Å². The molecule has 1 aromatic carbocycles. The molecular weight excluding hydrogens is 187 g/mol. The first-order valence-corrected chi connectivity index (χ1v) is 5.91. The molecule has 0 N–H and O–H groups in total. The zero-order valence-electron chi connectivity index (χ0n) is 9.59. The predicted octanol–water partition coefficient (Wildman–Crippen LogP) is 4.29. The zero-order chi connectivity index (χ0) is 10.9. The highest BCUT2D eigenvalue weighted by Gasteiger charge is 2.38. The Morgan fingerprint density at radius 2 is 1.87 bits per heavy atom. The Hall–Kier alpha value is -0.850. The quantitative estimate of drug-likeness (QED) is 0.677. The predicted molar refractivity (Wildman–Crippen MR) is 61.4 cm³/mol. The lowest BCUT2D eigenvalue weighted by Gasteiger charge is -2.34. The molecular formula is C14H19F. The van der Waals surface area contributed by atoms with Crippen molar-refractivity contribution in [1.82, 2.24) is 0 Å². The summed E-state index contributed by atoms with van der Waals surface area (Å²) in [6.07, 6.45) is 5.01. The van der Waals surface area contributed by atoms with Gasteiger partial charge in [-0.2, -0.15) is 0 Å². The lowest BCUT2D eigenvalue weighted by Crippen LogP contribution is -2.28. The molecule has 1 fully saturated rings. The van der Waals surface area contributed by atoms with Crippen LogP contribution in [0, 0.1) is 11.7 Å². The topological polar surface area (TPSA) is 0 Å². The van der Waals surface area contributed by atoms with E-state index >= 15 is 0 Å². The summed E-state index contributed by atoms with van der Waals surface area (Å²) in [5.41, 5.74) is 1.44. The van der Waals surface area contributed by atoms with E-state index in [1.807, 2.05) is 6.07 Å². The first kappa shape index (κ1) is 10.7. The molecule has 0 atom stereocenters. The van der Waals surface area contributed by atoms with E-state index in [1.54, 1.807) is 6.07 Å². The molecule has 0 aromatic heterocycles. The number of benzene rings is 1. The second kappa shape index (κ2) is 3.96. The van der Waals surface area contributed by atoms with Gasteiger partial charge in [0.05, 0.1) is 0 Å². The van der Waals surface area contributed by atoms with Gasteiger partial charge in [0, 0.05) is 0 Å². The fourth-order valence-corrected chi connectivity index (χ4v) is 3.00. The second-order valence-corrected chi connectivity index (χ2v) is 5.03. The van der Waals surface area contributed by atoms with E-state index in [1.165, 1.54) is 37.3 Å². The fraction of sp³-hybridized carbons (Fsp3) is 0.571. The highest BCUT2D eigenvalue weighted by Crippen LogP contribution is 2.46. The van der Waals surface area contributed by atoms with E-state index in [0.717, 1.165) is 0 Å². The minimum Gasteiger partial charge on any atom is -0.207 e. The summed E-state index contributed by atoms with van der Waals surface area (Å²) in [5.74, 6) is 0.501. The Morgan fingerprint density at radius 3 is 2.40 bits per heavy atom. The van der Waals surface area contributed by atoms with Crippen LogP contribution in [-0.4, -0.2) is 0 Å². The molecule has 1 aliphatic rings. The van der Waals surface area contributed by atoms with Gasteiger partial charge in [-0.15, -0.1) is 0 Å². The molecule has 0 radical (unpaired) electrons. The molecule has 15 heavy (non-hydrogen) atoms. The molecule has 82 valence electrons. The Morgan fingerprint density at radius 1 is 1.20 bits per heavy atom. The van der Waals surface area contributed by atoms with Crippen molar-refractivity contribution in [2.75, 3.05) is 0 Å². The summed E-state index contributed by atoms with van der Waals surface area (Å²) in [5, 5.41) is 0. The smallest absolute Gasteiger partial charge is 0.123 e. The Balaban J connectivity index is 2.41. The first-order valence-electron chi connectivity index (χ1n) is 5.91. The summed E-state index contributed by atoms with van der Waals surface area (Å²) >= 11 is 0. The maximum atomic E-state index is 13.3. The summed E-state index contributed by atoms with van der Waals surface area (Å²) in [6.45, 7) is 4.52. The Labute approximate surface area is 91.5 Å². The first-order chi connectivity index (χ1) is 7.15. The van der Waals surface area contributed by atoms with Gasteiger partial charge in [-0.25, -0.2) is 4.39 Å². The molecule has 0 spiro atoms. The maximum Gasteiger partial charge on any atom is 0.123 e. The van der Waals surface area contributed by atoms with E-state index in [4.69, 9.17) is 0 Å². The molecule has 0 bridgehead atoms. The van der Waals surface area contributed by atoms with Gasteiger partial charge >= 0.3 is 0 Å². The van der Waals surface area contributed by atoms with Crippen molar-refractivity contribution >= 4 is 0 Å². The molecule has 2 rings (SSSR count). The zero-order valence-corrected chi connectivity index (χ0v) is 9.59. The van der Waals surface area contributed by atoms with Gasteiger partial charge < -0.3 is 0 Å². The molecule has 0 unspecified atom stereocenters. The number of halogens is 1. The summed E-state index contributed by atoms with van der Waals surface area (Å²) in [4.78, 5) is 0. The van der Waals surface area contributed by atoms with Crippen LogP contribution in [0.5, 0.6) is 0 Å². The van der Waals surface area contributed by atoms with Crippen molar-refractivity contribution in [3.8, 4) is 0 Å². The largest absolute Gasteiger partial charge is 0.207 e. The van der Waals surface area contributed by atoms with Crippen LogP contribution in [0.3, 0.4) is 0 Å². The molecule has 0 amide bonds. The lowest BCUT2D eigenvalue weighted by molar-refractivity contribution is 0.313. The Kier molecular flexibility index (Phi) is 2.81. The molecule has 1 saturated carbocycles. The van der Waals surface area contributed by atoms with Crippen molar-refractivity contribution in [2.45, 2.75) is 44.9 Å². The van der Waals surface area contributed by atoms with Gasteiger partial charge in [0.2, 0.25) is 0 Å². The van der Waals surface area contributed by atoms with Crippen LogP contribution in [0.4, 0.5) is 4.39 Å². The fourth-order valence-electron chi connectivity index (χ4n) is 3.00. The SMILES string of the molecule is CC(C)C1(c2cccc(F)c2)CCCC1. The van der Waals surface area contributed by atoms with E-state index in [0.29, 0.717) is 5.92 Å². The minimum absolute atomic E-state index is 0.0978. The number of rotatable bonds is 2. The molecule has 0 heterocycles. The van der Waals surface area contributed by atoms with E-state index in [-0.39, 0.29) is 11.2 Å². The van der Waals surface area contributed by atoms with E-state index in [9.17, 15) is 4.39 Å². The van der Waals surface area contributed by atoms with Gasteiger partial charge in [-0.05, 0) is 41.9 Å². The highest BCUT2D eigenvalue weighted by molar-refractivity contribution is 5.28. The molecule has 1 aliphatic carbocycles. The standard InChI is InChI=1S/C14H19F/c1-11(2)14(8-3-4-9-14)12-6-5-7-13(15)10-12/h5-7,10-11H,3-4,8-9H2,1-2H3. The van der Waals surface area contributed by atoms with Crippen LogP contribution < -0.4 is 0 Å². The van der Waals surface area contributed by atoms with Crippen LogP contribution in [0.1, 0.15) is 45.1 Å². The molecule has 1 aromatic rings. The van der Waals surface area contributed by atoms with Gasteiger partial charge in [0.1, 0.15) is 5.82 Å². The third kappa shape index (κ3) is 1.80. The van der Waals surface area contributed by atoms with E-state index in [2.05, 4.69) is 19.9 Å². The molecule has 1 heteroatoms. The highest BCUT2D eigenvalue weighted by atomic mass is 19.1. The molecule has 0 aliphatic heterocycles. The van der Waals surface area contributed by atoms with Crippen LogP contribution in [-0.2, 0) is 5.41 Å². The van der Waals surface area contributed by atoms with Gasteiger partial charge in [0.15, 0.2) is 0 Å². The normalized spacial score (nSPS) is 19.7. The number of hydrogen-bond acceptors (Lipinski definition) is 0. The summed E-state index contributed by atoms with van der Waals surface area (Å²) < 4.78 is 13.3. The van der Waals surface area contributed by atoms with Gasteiger partial charge in [-0.1, -0.05) is 38.8 Å². The van der Waals surface area contributed by atoms with Crippen LogP contribution >= 0.6 is 0 Å². The summed E-state index contributed by atoms with van der Waals surface area (Å²) in [6, 6.07) is 7.19. The minimum atomic E-state index is -0.0978. The van der Waals surface area contributed by atoms with Crippen molar-refractivity contribution in [2.24, 2.45) is 5.92 Å². The van der Waals surface area contributed by atoms with Crippen molar-refractivity contribution in [3.05, 3.63) is 35.6 Å². The maximum absolute atomic E-state index is 13.3. The third-order valence-corrected chi connectivity index (χ3v) is 4.00. The molecule has 0 saturated heterocycles. The molecule has 0 nitrogen and oxygen atoms in total. The van der Waals surface area contributed by atoms with Crippen molar-refractivity contribution < 1.29 is 4.39 Å². The van der Waals surface area contributed by atoms with Gasteiger partial charge in [0.25, 0.3) is 0 Å². The summed E-state index contributed by atoms with van der Waals surface area (Å²) in [7, 11) is 0. The average Bonchev–Trinajstić information content (AvgIpc) is 2.67. The van der Waals surface area contributed by atoms with Crippen molar-refractivity contribution in [3.63, 3.8) is 0 Å².